The Kier molecular flexibility index (Phi) is 5.22. The predicted octanol–water partition coefficient (Wildman–Crippen LogP) is 2.42. The molecule has 0 atom stereocenters. The summed E-state index contributed by atoms with van der Waals surface area (Å²) in [7, 11) is 0. The number of benzene rings is 1. The normalized spacial score (nSPS) is 10.6. The molecule has 8 heteroatoms. The molecule has 3 nitrogen and oxygen atoms in total. The zero-order valence-electron chi connectivity index (χ0n) is 9.61. The zero-order valence-corrected chi connectivity index (χ0v) is 9.61. The van der Waals surface area contributed by atoms with Crippen molar-refractivity contribution in [2.75, 3.05) is 6.54 Å². The van der Waals surface area contributed by atoms with Gasteiger partial charge in [0.25, 0.3) is 0 Å². The molecule has 19 heavy (non-hydrogen) atoms. The standard InChI is InChI=1S/C11H10F5NO2/c12-6-7(13)9(15)11(10(16)8(6)14)19-5(18)3-1-2-4-17/h1-4,17H2. The van der Waals surface area contributed by atoms with Crippen LogP contribution >= 0.6 is 0 Å². The third kappa shape index (κ3) is 3.40. The molecule has 106 valence electrons. The van der Waals surface area contributed by atoms with Crippen LogP contribution in [0.25, 0.3) is 0 Å². The quantitative estimate of drug-likeness (QED) is 0.225. The second kappa shape index (κ2) is 6.46. The summed E-state index contributed by atoms with van der Waals surface area (Å²) in [5.74, 6) is -13.7. The largest absolute Gasteiger partial charge is 0.420 e. The third-order valence-corrected chi connectivity index (χ3v) is 2.22. The summed E-state index contributed by atoms with van der Waals surface area (Å²) >= 11 is 0. The Morgan fingerprint density at radius 2 is 1.37 bits per heavy atom. The van der Waals surface area contributed by atoms with E-state index in [4.69, 9.17) is 5.73 Å². The van der Waals surface area contributed by atoms with Gasteiger partial charge in [0.15, 0.2) is 0 Å². The van der Waals surface area contributed by atoms with E-state index in [1.165, 1.54) is 0 Å². The number of carbonyl (C=O) groups is 1. The van der Waals surface area contributed by atoms with Crippen molar-refractivity contribution in [2.45, 2.75) is 19.3 Å². The number of carbonyl (C=O) groups excluding carboxylic acids is 1. The summed E-state index contributed by atoms with van der Waals surface area (Å²) < 4.78 is 68.7. The second-order valence-electron chi connectivity index (χ2n) is 3.62. The lowest BCUT2D eigenvalue weighted by molar-refractivity contribution is -0.135. The maximum absolute atomic E-state index is 13.1. The van der Waals surface area contributed by atoms with Crippen LogP contribution in [0.3, 0.4) is 0 Å². The van der Waals surface area contributed by atoms with Crippen molar-refractivity contribution in [3.05, 3.63) is 29.1 Å². The minimum absolute atomic E-state index is 0.239. The van der Waals surface area contributed by atoms with Crippen molar-refractivity contribution < 1.29 is 31.5 Å². The molecule has 0 radical (unpaired) electrons. The van der Waals surface area contributed by atoms with Crippen LogP contribution in [0.1, 0.15) is 19.3 Å². The van der Waals surface area contributed by atoms with E-state index in [0.717, 1.165) is 0 Å². The fourth-order valence-electron chi connectivity index (χ4n) is 1.25. The Morgan fingerprint density at radius 3 is 1.84 bits per heavy atom. The predicted molar refractivity (Wildman–Crippen MR) is 54.8 cm³/mol. The van der Waals surface area contributed by atoms with Crippen LogP contribution in [-0.4, -0.2) is 12.5 Å². The van der Waals surface area contributed by atoms with Crippen molar-refractivity contribution in [1.82, 2.24) is 0 Å². The molecule has 0 fully saturated rings. The molecule has 2 N–H and O–H groups in total. The molecule has 0 saturated carbocycles. The first-order chi connectivity index (χ1) is 8.90. The molecule has 0 saturated heterocycles. The molecule has 0 amide bonds. The van der Waals surface area contributed by atoms with Crippen molar-refractivity contribution in [1.29, 1.82) is 0 Å². The topological polar surface area (TPSA) is 52.3 Å². The van der Waals surface area contributed by atoms with Crippen LogP contribution in [0, 0.1) is 29.1 Å². The summed E-state index contributed by atoms with van der Waals surface area (Å²) in [6.07, 6.45) is 0.508. The lowest BCUT2D eigenvalue weighted by Gasteiger charge is -2.08. The Labute approximate surface area is 105 Å². The molecule has 0 aliphatic carbocycles. The molecule has 0 aliphatic heterocycles. The maximum atomic E-state index is 13.1. The minimum atomic E-state index is -2.31. The van der Waals surface area contributed by atoms with E-state index in [0.29, 0.717) is 13.0 Å². The summed E-state index contributed by atoms with van der Waals surface area (Å²) in [5.41, 5.74) is 5.16. The molecule has 0 unspecified atom stereocenters. The fourth-order valence-corrected chi connectivity index (χ4v) is 1.25. The number of rotatable bonds is 5. The summed E-state index contributed by atoms with van der Waals surface area (Å²) in [6.45, 7) is 0.301. The van der Waals surface area contributed by atoms with Gasteiger partial charge in [0, 0.05) is 6.42 Å². The summed E-state index contributed by atoms with van der Waals surface area (Å²) in [6, 6.07) is 0. The van der Waals surface area contributed by atoms with Gasteiger partial charge in [-0.1, -0.05) is 0 Å². The highest BCUT2D eigenvalue weighted by atomic mass is 19.2. The highest BCUT2D eigenvalue weighted by Gasteiger charge is 2.28. The fraction of sp³-hybridized carbons (Fsp3) is 0.364. The van der Waals surface area contributed by atoms with Gasteiger partial charge in [0.2, 0.25) is 34.8 Å². The number of nitrogens with two attached hydrogens (primary N) is 1. The van der Waals surface area contributed by atoms with Gasteiger partial charge in [-0.3, -0.25) is 4.79 Å². The van der Waals surface area contributed by atoms with E-state index in [1.807, 2.05) is 0 Å². The smallest absolute Gasteiger partial charge is 0.311 e. The van der Waals surface area contributed by atoms with Crippen LogP contribution < -0.4 is 10.5 Å². The number of hydrogen-bond acceptors (Lipinski definition) is 3. The average molecular weight is 283 g/mol. The lowest BCUT2D eigenvalue weighted by atomic mass is 10.2. The van der Waals surface area contributed by atoms with Crippen LogP contribution in [-0.2, 0) is 4.79 Å². The van der Waals surface area contributed by atoms with Crippen LogP contribution in [0.15, 0.2) is 0 Å². The first-order valence-electron chi connectivity index (χ1n) is 5.32. The van der Waals surface area contributed by atoms with Crippen molar-refractivity contribution in [3.8, 4) is 5.75 Å². The van der Waals surface area contributed by atoms with Crippen molar-refractivity contribution >= 4 is 5.97 Å². The Morgan fingerprint density at radius 1 is 0.895 bits per heavy atom. The van der Waals surface area contributed by atoms with Gasteiger partial charge < -0.3 is 10.5 Å². The van der Waals surface area contributed by atoms with E-state index in [1.54, 1.807) is 0 Å². The van der Waals surface area contributed by atoms with E-state index >= 15 is 0 Å². The minimum Gasteiger partial charge on any atom is -0.420 e. The average Bonchev–Trinajstić information content (AvgIpc) is 2.39. The van der Waals surface area contributed by atoms with Crippen LogP contribution in [0.5, 0.6) is 5.75 Å². The number of ether oxygens (including phenoxy) is 1. The van der Waals surface area contributed by atoms with Gasteiger partial charge in [-0.05, 0) is 19.4 Å². The number of unbranched alkanes of at least 4 members (excludes halogenated alkanes) is 1. The van der Waals surface area contributed by atoms with Gasteiger partial charge in [0.1, 0.15) is 0 Å². The molecule has 0 aromatic heterocycles. The van der Waals surface area contributed by atoms with E-state index in [9.17, 15) is 26.7 Å². The third-order valence-electron chi connectivity index (χ3n) is 2.22. The first-order valence-corrected chi connectivity index (χ1v) is 5.32. The van der Waals surface area contributed by atoms with Crippen LogP contribution in [0.2, 0.25) is 0 Å². The molecule has 1 aromatic carbocycles. The van der Waals surface area contributed by atoms with E-state index in [-0.39, 0.29) is 12.8 Å². The highest BCUT2D eigenvalue weighted by molar-refractivity contribution is 5.72. The Hall–Kier alpha value is -1.70. The van der Waals surface area contributed by atoms with Crippen molar-refractivity contribution in [3.63, 3.8) is 0 Å². The molecule has 0 aliphatic rings. The van der Waals surface area contributed by atoms with Gasteiger partial charge in [-0.2, -0.15) is 8.78 Å². The molecule has 0 heterocycles. The molecular weight excluding hydrogens is 273 g/mol. The zero-order chi connectivity index (χ0) is 14.6. The lowest BCUT2D eigenvalue weighted by Crippen LogP contribution is -2.13. The van der Waals surface area contributed by atoms with Gasteiger partial charge in [0.05, 0.1) is 0 Å². The number of halogens is 5. The second-order valence-corrected chi connectivity index (χ2v) is 3.62. The van der Waals surface area contributed by atoms with Gasteiger partial charge >= 0.3 is 5.97 Å². The molecule has 1 aromatic rings. The van der Waals surface area contributed by atoms with Gasteiger partial charge in [-0.15, -0.1) is 0 Å². The Bertz CT molecular complexity index is 463. The van der Waals surface area contributed by atoms with E-state index < -0.39 is 40.8 Å². The molecule has 0 bridgehead atoms. The SMILES string of the molecule is NCCCCC(=O)Oc1c(F)c(F)c(F)c(F)c1F. The van der Waals surface area contributed by atoms with Gasteiger partial charge in [-0.25, -0.2) is 13.2 Å². The van der Waals surface area contributed by atoms with Crippen LogP contribution in [0.4, 0.5) is 22.0 Å². The molecule has 0 spiro atoms. The first kappa shape index (κ1) is 15.4. The molecule has 1 rings (SSSR count). The van der Waals surface area contributed by atoms with E-state index in [2.05, 4.69) is 4.74 Å². The highest BCUT2D eigenvalue weighted by Crippen LogP contribution is 2.29. The van der Waals surface area contributed by atoms with Crippen molar-refractivity contribution in [2.24, 2.45) is 5.73 Å². The maximum Gasteiger partial charge on any atom is 0.311 e. The number of hydrogen-bond donors (Lipinski definition) is 1. The Balaban J connectivity index is 2.93. The summed E-state index contributed by atoms with van der Waals surface area (Å²) in [5, 5.41) is 0. The summed E-state index contributed by atoms with van der Waals surface area (Å²) in [4.78, 5) is 11.2. The monoisotopic (exact) mass is 283 g/mol. The molecular formula is C11H10F5NO2. The number of esters is 1.